The van der Waals surface area contributed by atoms with Gasteiger partial charge in [-0.3, -0.25) is 19.2 Å². The van der Waals surface area contributed by atoms with Gasteiger partial charge in [-0.1, -0.05) is 113 Å². The van der Waals surface area contributed by atoms with E-state index in [0.29, 0.717) is 34.3 Å². The fourth-order valence-electron chi connectivity index (χ4n) is 6.83. The van der Waals surface area contributed by atoms with Crippen molar-refractivity contribution >= 4 is 41.0 Å². The zero-order chi connectivity index (χ0) is 45.0. The Hall–Kier alpha value is -4.87. The van der Waals surface area contributed by atoms with Crippen molar-refractivity contribution in [3.05, 3.63) is 54.3 Å². The van der Waals surface area contributed by atoms with Crippen molar-refractivity contribution < 1.29 is 42.9 Å². The normalized spacial score (nSPS) is 15.0. The summed E-state index contributed by atoms with van der Waals surface area (Å²) in [5.41, 5.74) is -1.64. The Morgan fingerprint density at radius 1 is 0.800 bits per heavy atom. The number of rotatable bonds is 23. The molecule has 12 nitrogen and oxygen atoms in total. The largest absolute Gasteiger partial charge is 0.489 e. The molecule has 0 saturated carbocycles. The Balaban J connectivity index is 1.93. The van der Waals surface area contributed by atoms with Crippen molar-refractivity contribution in [1.29, 1.82) is 0 Å². The minimum Gasteiger partial charge on any atom is -0.489 e. The number of hydrogen-bond acceptors (Lipinski definition) is 9. The first-order chi connectivity index (χ1) is 28.0. The fraction of sp³-hybridized carbons (Fsp3) is 0.604. The molecule has 2 unspecified atom stereocenters. The molecule has 332 valence electrons. The molecule has 2 aromatic rings. The van der Waals surface area contributed by atoms with E-state index in [9.17, 15) is 24.0 Å². The molecule has 2 N–H and O–H groups in total. The van der Waals surface area contributed by atoms with Crippen LogP contribution >= 0.6 is 0 Å². The molecule has 0 radical (unpaired) electrons. The van der Waals surface area contributed by atoms with Crippen LogP contribution in [-0.2, 0) is 29.3 Å². The van der Waals surface area contributed by atoms with E-state index in [1.54, 1.807) is 45.9 Å². The standard InChI is InChI=1S/C48H71N3O9/c1-14-15-16-17-18-19-20-21-22-23-24-39(59-34-26-28-37(57-31(2)3)35(30-34)46(6,7)8)42(53)49-33-25-27-38(58-32(4)5)36(29-33)50-43(54)40(41(52)47(9,10)11)51-44(55)48(12,13)60-45(51)56/h25-30,32,39-40H,2,14-24H2,1,3-13H3,(H,49,53)(H,50,54). The summed E-state index contributed by atoms with van der Waals surface area (Å²) in [6.45, 7) is 25.3. The Kier molecular flexibility index (Phi) is 17.8. The summed E-state index contributed by atoms with van der Waals surface area (Å²) < 4.78 is 23.7. The van der Waals surface area contributed by atoms with Crippen LogP contribution in [0, 0.1) is 5.41 Å². The first kappa shape index (κ1) is 49.5. The smallest absolute Gasteiger partial charge is 0.418 e. The van der Waals surface area contributed by atoms with Gasteiger partial charge in [0.05, 0.1) is 17.6 Å². The summed E-state index contributed by atoms with van der Waals surface area (Å²) >= 11 is 0. The monoisotopic (exact) mass is 834 g/mol. The lowest BCUT2D eigenvalue weighted by Crippen LogP contribution is -2.55. The van der Waals surface area contributed by atoms with Crippen LogP contribution in [0.1, 0.15) is 159 Å². The molecule has 2 atom stereocenters. The summed E-state index contributed by atoms with van der Waals surface area (Å²) in [5.74, 6) is -0.829. The highest BCUT2D eigenvalue weighted by atomic mass is 16.6. The second-order valence-electron chi connectivity index (χ2n) is 18.7. The molecular weight excluding hydrogens is 763 g/mol. The van der Waals surface area contributed by atoms with Gasteiger partial charge in [0.2, 0.25) is 0 Å². The molecule has 1 fully saturated rings. The van der Waals surface area contributed by atoms with Crippen molar-refractivity contribution in [2.75, 3.05) is 10.6 Å². The summed E-state index contributed by atoms with van der Waals surface area (Å²) in [6, 6.07) is 8.44. The number of benzene rings is 2. The lowest BCUT2D eigenvalue weighted by molar-refractivity contribution is -0.145. The molecule has 4 amide bonds. The minimum absolute atomic E-state index is 0.118. The number of allylic oxidation sites excluding steroid dienone is 1. The maximum atomic E-state index is 14.2. The molecular formula is C48H71N3O9. The molecule has 1 aliphatic heterocycles. The molecule has 1 heterocycles. The van der Waals surface area contributed by atoms with Crippen molar-refractivity contribution in [1.82, 2.24) is 4.90 Å². The number of carbonyl (C=O) groups excluding carboxylic acids is 5. The van der Waals surface area contributed by atoms with Crippen molar-refractivity contribution in [2.24, 2.45) is 5.41 Å². The predicted octanol–water partition coefficient (Wildman–Crippen LogP) is 11.1. The number of carbonyl (C=O) groups is 5. The van der Waals surface area contributed by atoms with Crippen LogP contribution in [0.4, 0.5) is 16.2 Å². The SMILES string of the molecule is C=C(C)Oc1ccc(OC(CCCCCCCCCCCC)C(=O)Nc2ccc(OC(C)C)c(NC(=O)C(C(=O)C(C)(C)C)N3C(=O)OC(C)(C)C3=O)c2)cc1C(C)(C)C. The van der Waals surface area contributed by atoms with E-state index >= 15 is 0 Å². The Bertz CT molecular complexity index is 1840. The number of hydrogen-bond donors (Lipinski definition) is 2. The number of nitrogens with zero attached hydrogens (tertiary/aromatic N) is 1. The number of ether oxygens (including phenoxy) is 4. The summed E-state index contributed by atoms with van der Waals surface area (Å²) in [7, 11) is 0. The molecule has 0 spiro atoms. The maximum Gasteiger partial charge on any atom is 0.418 e. The van der Waals surface area contributed by atoms with Crippen LogP contribution in [0.3, 0.4) is 0 Å². The van der Waals surface area contributed by atoms with E-state index in [0.717, 1.165) is 31.2 Å². The van der Waals surface area contributed by atoms with Gasteiger partial charge in [-0.2, -0.15) is 0 Å². The number of amides is 4. The van der Waals surface area contributed by atoms with Gasteiger partial charge in [0, 0.05) is 16.7 Å². The summed E-state index contributed by atoms with van der Waals surface area (Å²) in [5, 5.41) is 5.69. The Morgan fingerprint density at radius 3 is 1.90 bits per heavy atom. The summed E-state index contributed by atoms with van der Waals surface area (Å²) in [6.07, 6.45) is 9.66. The molecule has 0 bridgehead atoms. The molecule has 3 rings (SSSR count). The Morgan fingerprint density at radius 2 is 1.38 bits per heavy atom. The van der Waals surface area contributed by atoms with Gasteiger partial charge in [-0.25, -0.2) is 9.69 Å². The highest BCUT2D eigenvalue weighted by molar-refractivity contribution is 6.19. The molecule has 2 aromatic carbocycles. The van der Waals surface area contributed by atoms with Gasteiger partial charge in [0.1, 0.15) is 17.2 Å². The van der Waals surface area contributed by atoms with Gasteiger partial charge in [-0.15, -0.1) is 0 Å². The average Bonchev–Trinajstić information content (AvgIpc) is 3.33. The van der Waals surface area contributed by atoms with Gasteiger partial charge >= 0.3 is 6.09 Å². The van der Waals surface area contributed by atoms with E-state index in [1.807, 2.05) is 26.0 Å². The van der Waals surface area contributed by atoms with Gasteiger partial charge < -0.3 is 29.6 Å². The van der Waals surface area contributed by atoms with Crippen molar-refractivity contribution in [3.8, 4) is 17.2 Å². The Labute approximate surface area is 358 Å². The number of nitrogens with one attached hydrogen (secondary N) is 2. The van der Waals surface area contributed by atoms with Gasteiger partial charge in [-0.05, 0) is 89.3 Å². The zero-order valence-electron chi connectivity index (χ0n) is 38.3. The average molecular weight is 834 g/mol. The lowest BCUT2D eigenvalue weighted by atomic mass is 9.85. The zero-order valence-corrected chi connectivity index (χ0v) is 38.3. The lowest BCUT2D eigenvalue weighted by Gasteiger charge is -2.29. The van der Waals surface area contributed by atoms with Crippen LogP contribution in [0.15, 0.2) is 48.7 Å². The third-order valence-electron chi connectivity index (χ3n) is 10.1. The second-order valence-corrected chi connectivity index (χ2v) is 18.7. The van der Waals surface area contributed by atoms with Crippen LogP contribution in [0.2, 0.25) is 0 Å². The van der Waals surface area contributed by atoms with E-state index in [-0.39, 0.29) is 23.0 Å². The molecule has 12 heteroatoms. The van der Waals surface area contributed by atoms with E-state index < -0.39 is 52.8 Å². The number of cyclic esters (lactones) is 1. The molecule has 60 heavy (non-hydrogen) atoms. The molecule has 1 aliphatic rings. The first-order valence-corrected chi connectivity index (χ1v) is 21.6. The predicted molar refractivity (Wildman–Crippen MR) is 237 cm³/mol. The minimum atomic E-state index is -1.83. The van der Waals surface area contributed by atoms with Crippen LogP contribution in [-0.4, -0.2) is 58.3 Å². The quantitative estimate of drug-likeness (QED) is 0.0633. The van der Waals surface area contributed by atoms with E-state index in [1.165, 1.54) is 58.4 Å². The maximum absolute atomic E-state index is 14.2. The third kappa shape index (κ3) is 14.4. The molecule has 1 saturated heterocycles. The van der Waals surface area contributed by atoms with E-state index in [4.69, 9.17) is 18.9 Å². The molecule has 0 aliphatic carbocycles. The molecule has 0 aromatic heterocycles. The van der Waals surface area contributed by atoms with Crippen LogP contribution < -0.4 is 24.8 Å². The van der Waals surface area contributed by atoms with Crippen molar-refractivity contribution in [2.45, 2.75) is 183 Å². The number of unbranched alkanes of at least 4 members (excludes halogenated alkanes) is 9. The highest BCUT2D eigenvalue weighted by Crippen LogP contribution is 2.37. The fourth-order valence-corrected chi connectivity index (χ4v) is 6.83. The third-order valence-corrected chi connectivity index (χ3v) is 10.1. The number of anilines is 2. The second kappa shape index (κ2) is 21.6. The number of imide groups is 1. The number of Topliss-reactive ketones (excluding diaryl/α,β-unsaturated/α-hetero) is 1. The van der Waals surface area contributed by atoms with E-state index in [2.05, 4.69) is 44.9 Å². The summed E-state index contributed by atoms with van der Waals surface area (Å²) in [4.78, 5) is 68.9. The van der Waals surface area contributed by atoms with Crippen LogP contribution in [0.25, 0.3) is 0 Å². The number of ketones is 1. The van der Waals surface area contributed by atoms with Crippen molar-refractivity contribution in [3.63, 3.8) is 0 Å². The highest BCUT2D eigenvalue weighted by Gasteiger charge is 2.55. The van der Waals surface area contributed by atoms with Crippen LogP contribution in [0.5, 0.6) is 17.2 Å². The van der Waals surface area contributed by atoms with Gasteiger partial charge in [0.15, 0.2) is 23.5 Å². The topological polar surface area (TPSA) is 150 Å². The van der Waals surface area contributed by atoms with Gasteiger partial charge in [0.25, 0.3) is 17.7 Å². The first-order valence-electron chi connectivity index (χ1n) is 21.6.